The van der Waals surface area contributed by atoms with Gasteiger partial charge in [-0.25, -0.2) is 13.6 Å². The van der Waals surface area contributed by atoms with Crippen molar-refractivity contribution in [2.75, 3.05) is 20.3 Å². The van der Waals surface area contributed by atoms with Gasteiger partial charge in [-0.3, -0.25) is 4.84 Å². The van der Waals surface area contributed by atoms with Crippen molar-refractivity contribution in [2.24, 2.45) is 5.14 Å². The van der Waals surface area contributed by atoms with Gasteiger partial charge in [-0.1, -0.05) is 12.1 Å². The number of hydrogen-bond acceptors (Lipinski definition) is 5. The van der Waals surface area contributed by atoms with Gasteiger partial charge in [-0.15, -0.1) is 0 Å². The van der Waals surface area contributed by atoms with E-state index in [2.05, 4.69) is 5.48 Å². The summed E-state index contributed by atoms with van der Waals surface area (Å²) in [5, 5.41) is 5.01. The maximum Gasteiger partial charge on any atom is 0.238 e. The summed E-state index contributed by atoms with van der Waals surface area (Å²) < 4.78 is 27.0. The number of primary sulfonamides is 1. The molecule has 0 saturated heterocycles. The molecule has 0 aliphatic carbocycles. The first-order valence-corrected chi connectivity index (χ1v) is 6.99. The molecule has 0 saturated carbocycles. The van der Waals surface area contributed by atoms with Crippen LogP contribution < -0.4 is 10.6 Å². The Balaban J connectivity index is 2.57. The molecule has 3 N–H and O–H groups in total. The lowest BCUT2D eigenvalue weighted by atomic mass is 10.1. The van der Waals surface area contributed by atoms with Gasteiger partial charge >= 0.3 is 0 Å². The van der Waals surface area contributed by atoms with Crippen LogP contribution in [0.25, 0.3) is 0 Å². The van der Waals surface area contributed by atoms with Crippen LogP contribution in [0.1, 0.15) is 18.5 Å². The number of hydrogen-bond donors (Lipinski definition) is 2. The Labute approximate surface area is 107 Å². The third-order valence-corrected chi connectivity index (χ3v) is 3.29. The molecular weight excluding hydrogens is 256 g/mol. The van der Waals surface area contributed by atoms with E-state index in [9.17, 15) is 8.42 Å². The van der Waals surface area contributed by atoms with Gasteiger partial charge in [0.25, 0.3) is 0 Å². The molecule has 1 unspecified atom stereocenters. The predicted octanol–water partition coefficient (Wildman–Crippen LogP) is 0.563. The monoisotopic (exact) mass is 274 g/mol. The average molecular weight is 274 g/mol. The fourth-order valence-electron chi connectivity index (χ4n) is 1.32. The van der Waals surface area contributed by atoms with Gasteiger partial charge in [0.1, 0.15) is 0 Å². The molecule has 0 bridgehead atoms. The minimum absolute atomic E-state index is 0.0589. The third-order valence-electron chi connectivity index (χ3n) is 2.36. The fraction of sp³-hybridized carbons (Fsp3) is 0.455. The lowest BCUT2D eigenvalue weighted by molar-refractivity contribution is -0.00925. The summed E-state index contributed by atoms with van der Waals surface area (Å²) in [5.74, 6) is 0. The van der Waals surface area contributed by atoms with E-state index in [1.807, 2.05) is 6.92 Å². The molecular formula is C11H18N2O4S. The standard InChI is InChI=1S/C11H18N2O4S/c1-9(13-17-8-7-16-2)10-3-5-11(6-4-10)18(12,14)15/h3-6,9,13H,7-8H2,1-2H3,(H2,12,14,15). The number of benzene rings is 1. The second-order valence-corrected chi connectivity index (χ2v) is 5.36. The van der Waals surface area contributed by atoms with Crippen molar-refractivity contribution in [3.63, 3.8) is 0 Å². The summed E-state index contributed by atoms with van der Waals surface area (Å²) in [6, 6.07) is 6.26. The predicted molar refractivity (Wildman–Crippen MR) is 67.2 cm³/mol. The number of nitrogens with two attached hydrogens (primary N) is 1. The van der Waals surface area contributed by atoms with Crippen molar-refractivity contribution >= 4 is 10.0 Å². The molecule has 18 heavy (non-hydrogen) atoms. The van der Waals surface area contributed by atoms with E-state index < -0.39 is 10.0 Å². The fourth-order valence-corrected chi connectivity index (χ4v) is 1.84. The Kier molecular flexibility index (Phi) is 5.70. The number of rotatable bonds is 7. The number of methoxy groups -OCH3 is 1. The molecule has 0 aromatic heterocycles. The molecule has 0 fully saturated rings. The van der Waals surface area contributed by atoms with Gasteiger partial charge in [-0.05, 0) is 24.6 Å². The molecule has 0 aliphatic heterocycles. The highest BCUT2D eigenvalue weighted by Gasteiger charge is 2.09. The zero-order chi connectivity index (χ0) is 13.6. The Morgan fingerprint density at radius 1 is 1.28 bits per heavy atom. The van der Waals surface area contributed by atoms with E-state index in [1.165, 1.54) is 12.1 Å². The molecule has 0 spiro atoms. The molecule has 1 rings (SSSR count). The first-order valence-electron chi connectivity index (χ1n) is 5.44. The number of ether oxygens (including phenoxy) is 1. The third kappa shape index (κ3) is 4.71. The summed E-state index contributed by atoms with van der Waals surface area (Å²) >= 11 is 0. The molecule has 6 nitrogen and oxygen atoms in total. The number of sulfonamides is 1. The minimum Gasteiger partial charge on any atom is -0.382 e. The molecule has 0 heterocycles. The van der Waals surface area contributed by atoms with Crippen LogP contribution >= 0.6 is 0 Å². The lowest BCUT2D eigenvalue weighted by Gasteiger charge is -2.14. The van der Waals surface area contributed by atoms with Crippen LogP contribution in [0, 0.1) is 0 Å². The van der Waals surface area contributed by atoms with Crippen LogP contribution in [0.5, 0.6) is 0 Å². The normalized spacial score (nSPS) is 13.5. The molecule has 0 radical (unpaired) electrons. The molecule has 102 valence electrons. The van der Waals surface area contributed by atoms with Gasteiger partial charge < -0.3 is 4.74 Å². The van der Waals surface area contributed by atoms with Gasteiger partial charge in [0, 0.05) is 7.11 Å². The Morgan fingerprint density at radius 3 is 2.39 bits per heavy atom. The van der Waals surface area contributed by atoms with Crippen molar-refractivity contribution in [3.8, 4) is 0 Å². The molecule has 1 aromatic carbocycles. The van der Waals surface area contributed by atoms with Crippen LogP contribution in [-0.4, -0.2) is 28.7 Å². The van der Waals surface area contributed by atoms with Crippen molar-refractivity contribution in [1.29, 1.82) is 0 Å². The summed E-state index contributed by atoms with van der Waals surface area (Å²) in [7, 11) is -2.04. The van der Waals surface area contributed by atoms with E-state index in [-0.39, 0.29) is 10.9 Å². The smallest absolute Gasteiger partial charge is 0.238 e. The van der Waals surface area contributed by atoms with Crippen LogP contribution in [0.4, 0.5) is 0 Å². The molecule has 7 heteroatoms. The molecule has 0 amide bonds. The highest BCUT2D eigenvalue weighted by atomic mass is 32.2. The van der Waals surface area contributed by atoms with E-state index in [0.29, 0.717) is 13.2 Å². The first kappa shape index (κ1) is 15.1. The SMILES string of the molecule is COCCONC(C)c1ccc(S(N)(=O)=O)cc1. The van der Waals surface area contributed by atoms with Crippen molar-refractivity contribution < 1.29 is 18.0 Å². The second kappa shape index (κ2) is 6.81. The highest BCUT2D eigenvalue weighted by Crippen LogP contribution is 2.15. The minimum atomic E-state index is -3.64. The van der Waals surface area contributed by atoms with E-state index in [1.54, 1.807) is 19.2 Å². The first-order chi connectivity index (χ1) is 8.45. The van der Waals surface area contributed by atoms with Crippen molar-refractivity contribution in [3.05, 3.63) is 29.8 Å². The lowest BCUT2D eigenvalue weighted by Crippen LogP contribution is -2.21. The van der Waals surface area contributed by atoms with Crippen LogP contribution in [0.3, 0.4) is 0 Å². The molecule has 0 aliphatic rings. The molecule has 1 aromatic rings. The maximum absolute atomic E-state index is 11.1. The van der Waals surface area contributed by atoms with Gasteiger partial charge in [0.05, 0.1) is 24.2 Å². The Morgan fingerprint density at radius 2 is 1.89 bits per heavy atom. The Bertz CT molecular complexity index is 458. The van der Waals surface area contributed by atoms with Gasteiger partial charge in [-0.2, -0.15) is 5.48 Å². The van der Waals surface area contributed by atoms with E-state index in [4.69, 9.17) is 14.7 Å². The maximum atomic E-state index is 11.1. The van der Waals surface area contributed by atoms with Gasteiger partial charge in [0.2, 0.25) is 10.0 Å². The van der Waals surface area contributed by atoms with Crippen LogP contribution in [0.2, 0.25) is 0 Å². The van der Waals surface area contributed by atoms with Crippen molar-refractivity contribution in [1.82, 2.24) is 5.48 Å². The number of hydroxylamine groups is 1. The number of nitrogens with one attached hydrogen (secondary N) is 1. The summed E-state index contributed by atoms with van der Waals surface area (Å²) in [5.41, 5.74) is 3.73. The highest BCUT2D eigenvalue weighted by molar-refractivity contribution is 7.89. The van der Waals surface area contributed by atoms with Crippen molar-refractivity contribution in [2.45, 2.75) is 17.9 Å². The van der Waals surface area contributed by atoms with Gasteiger partial charge in [0.15, 0.2) is 0 Å². The summed E-state index contributed by atoms with van der Waals surface area (Å²) in [6.07, 6.45) is 0. The zero-order valence-corrected chi connectivity index (χ0v) is 11.2. The molecule has 1 atom stereocenters. The van der Waals surface area contributed by atoms with E-state index >= 15 is 0 Å². The quantitative estimate of drug-likeness (QED) is 0.560. The topological polar surface area (TPSA) is 90.7 Å². The largest absolute Gasteiger partial charge is 0.382 e. The average Bonchev–Trinajstić information content (AvgIpc) is 2.33. The zero-order valence-electron chi connectivity index (χ0n) is 10.4. The van der Waals surface area contributed by atoms with Crippen LogP contribution in [0.15, 0.2) is 29.2 Å². The summed E-state index contributed by atoms with van der Waals surface area (Å²) in [4.78, 5) is 5.27. The Hall–Kier alpha value is -0.990. The van der Waals surface area contributed by atoms with Crippen LogP contribution in [-0.2, 0) is 19.6 Å². The summed E-state index contributed by atoms with van der Waals surface area (Å²) in [6.45, 7) is 2.85. The van der Waals surface area contributed by atoms with E-state index in [0.717, 1.165) is 5.56 Å². The second-order valence-electron chi connectivity index (χ2n) is 3.79.